The molecule has 0 bridgehead atoms. The van der Waals surface area contributed by atoms with Crippen molar-refractivity contribution in [3.05, 3.63) is 35.4 Å². The summed E-state index contributed by atoms with van der Waals surface area (Å²) >= 11 is 12.4. The molecule has 1 aromatic carbocycles. The van der Waals surface area contributed by atoms with Crippen molar-refractivity contribution in [2.24, 2.45) is 0 Å². The van der Waals surface area contributed by atoms with Gasteiger partial charge in [0.2, 0.25) is 0 Å². The van der Waals surface area contributed by atoms with E-state index in [1.54, 1.807) is 0 Å². The zero-order valence-corrected chi connectivity index (χ0v) is 10.3. The average Bonchev–Trinajstić information content (AvgIpc) is 2.25. The Morgan fingerprint density at radius 1 is 1.38 bits per heavy atom. The zero-order valence-electron chi connectivity index (χ0n) is 8.82. The molecule has 1 aromatic rings. The molecule has 4 heteroatoms. The van der Waals surface area contributed by atoms with Crippen molar-refractivity contribution < 1.29 is 9.53 Å². The van der Waals surface area contributed by atoms with Crippen molar-refractivity contribution in [3.63, 3.8) is 0 Å². The number of benzene rings is 1. The molecule has 1 aliphatic rings. The SMILES string of the molecule is CC(=O)O[C@@H]1Cc2ccccc2[C@@H](Cl)[C@@H]1Cl. The summed E-state index contributed by atoms with van der Waals surface area (Å²) in [5.74, 6) is -0.320. The minimum Gasteiger partial charge on any atom is -0.461 e. The number of hydrogen-bond donors (Lipinski definition) is 0. The van der Waals surface area contributed by atoms with Crippen molar-refractivity contribution >= 4 is 29.2 Å². The third-order valence-electron chi connectivity index (χ3n) is 2.73. The van der Waals surface area contributed by atoms with Crippen LogP contribution in [0.2, 0.25) is 0 Å². The third kappa shape index (κ3) is 2.18. The fourth-order valence-electron chi connectivity index (χ4n) is 2.00. The van der Waals surface area contributed by atoms with Crippen LogP contribution in [0.25, 0.3) is 0 Å². The monoisotopic (exact) mass is 258 g/mol. The van der Waals surface area contributed by atoms with Gasteiger partial charge in [-0.05, 0) is 11.1 Å². The second-order valence-electron chi connectivity index (χ2n) is 3.90. The number of carbonyl (C=O) groups excluding carboxylic acids is 1. The van der Waals surface area contributed by atoms with Gasteiger partial charge in [0.1, 0.15) is 6.10 Å². The molecule has 0 fully saturated rings. The van der Waals surface area contributed by atoms with Crippen LogP contribution in [-0.2, 0) is 16.0 Å². The predicted molar refractivity (Wildman–Crippen MR) is 63.9 cm³/mol. The summed E-state index contributed by atoms with van der Waals surface area (Å²) in [5.41, 5.74) is 2.14. The molecular formula is C12H12Cl2O2. The smallest absolute Gasteiger partial charge is 0.302 e. The lowest BCUT2D eigenvalue weighted by atomic mass is 9.89. The quantitative estimate of drug-likeness (QED) is 0.572. The van der Waals surface area contributed by atoms with Gasteiger partial charge in [0.25, 0.3) is 0 Å². The van der Waals surface area contributed by atoms with Gasteiger partial charge in [0, 0.05) is 13.3 Å². The molecule has 2 rings (SSSR count). The number of halogens is 2. The maximum atomic E-state index is 11.0. The van der Waals surface area contributed by atoms with Crippen molar-refractivity contribution in [2.45, 2.75) is 30.2 Å². The van der Waals surface area contributed by atoms with Gasteiger partial charge in [-0.3, -0.25) is 4.79 Å². The second-order valence-corrected chi connectivity index (χ2v) is 4.87. The van der Waals surface area contributed by atoms with Crippen LogP contribution in [0.4, 0.5) is 0 Å². The number of ether oxygens (including phenoxy) is 1. The summed E-state index contributed by atoms with van der Waals surface area (Å²) in [5, 5.41) is -0.684. The van der Waals surface area contributed by atoms with Crippen molar-refractivity contribution in [2.75, 3.05) is 0 Å². The first-order chi connectivity index (χ1) is 7.59. The molecule has 0 heterocycles. The maximum Gasteiger partial charge on any atom is 0.302 e. The first-order valence-corrected chi connectivity index (χ1v) is 6.00. The number of rotatable bonds is 1. The molecule has 0 aliphatic heterocycles. The molecule has 0 spiro atoms. The molecule has 0 saturated heterocycles. The normalized spacial score (nSPS) is 28.3. The lowest BCUT2D eigenvalue weighted by Gasteiger charge is -2.32. The Kier molecular flexibility index (Phi) is 3.41. The molecule has 0 saturated carbocycles. The largest absolute Gasteiger partial charge is 0.461 e. The lowest BCUT2D eigenvalue weighted by Crippen LogP contribution is -2.36. The van der Waals surface area contributed by atoms with Gasteiger partial charge in [-0.2, -0.15) is 0 Å². The molecule has 3 atom stereocenters. The van der Waals surface area contributed by atoms with E-state index in [-0.39, 0.29) is 22.8 Å². The van der Waals surface area contributed by atoms with Crippen LogP contribution in [0.5, 0.6) is 0 Å². The van der Waals surface area contributed by atoms with Crippen LogP contribution < -0.4 is 0 Å². The van der Waals surface area contributed by atoms with Gasteiger partial charge >= 0.3 is 5.97 Å². The van der Waals surface area contributed by atoms with Gasteiger partial charge in [0.15, 0.2) is 0 Å². The number of fused-ring (bicyclic) bond motifs is 1. The second kappa shape index (κ2) is 4.64. The minimum absolute atomic E-state index is 0.309. The fraction of sp³-hybridized carbons (Fsp3) is 0.417. The number of esters is 1. The van der Waals surface area contributed by atoms with Gasteiger partial charge in [0.05, 0.1) is 10.8 Å². The number of carbonyl (C=O) groups is 1. The van der Waals surface area contributed by atoms with Gasteiger partial charge in [-0.25, -0.2) is 0 Å². The van der Waals surface area contributed by atoms with Crippen molar-refractivity contribution in [3.8, 4) is 0 Å². The summed E-state index contributed by atoms with van der Waals surface area (Å²) in [6, 6.07) is 7.84. The molecule has 2 nitrogen and oxygen atoms in total. The van der Waals surface area contributed by atoms with E-state index in [0.29, 0.717) is 6.42 Å². The lowest BCUT2D eigenvalue weighted by molar-refractivity contribution is -0.146. The van der Waals surface area contributed by atoms with E-state index in [4.69, 9.17) is 27.9 Å². The van der Waals surface area contributed by atoms with Crippen LogP contribution >= 0.6 is 23.2 Å². The summed E-state index contributed by atoms with van der Waals surface area (Å²) in [6.45, 7) is 1.38. The van der Waals surface area contributed by atoms with E-state index in [1.165, 1.54) is 6.92 Å². The third-order valence-corrected chi connectivity index (χ3v) is 3.89. The van der Waals surface area contributed by atoms with E-state index in [0.717, 1.165) is 11.1 Å². The molecule has 0 aromatic heterocycles. The molecule has 0 radical (unpaired) electrons. The summed E-state index contributed by atoms with van der Waals surface area (Å²) in [6.07, 6.45) is 0.296. The van der Waals surface area contributed by atoms with Crippen LogP contribution in [0.1, 0.15) is 23.4 Å². The zero-order chi connectivity index (χ0) is 11.7. The van der Waals surface area contributed by atoms with Gasteiger partial charge in [-0.15, -0.1) is 23.2 Å². The number of alkyl halides is 2. The fourth-order valence-corrected chi connectivity index (χ4v) is 2.65. The topological polar surface area (TPSA) is 26.3 Å². The Morgan fingerprint density at radius 3 is 2.75 bits per heavy atom. The van der Waals surface area contributed by atoms with Crippen LogP contribution in [-0.4, -0.2) is 17.5 Å². The molecule has 86 valence electrons. The van der Waals surface area contributed by atoms with Crippen molar-refractivity contribution in [1.82, 2.24) is 0 Å². The Balaban J connectivity index is 2.28. The standard InChI is InChI=1S/C12H12Cl2O2/c1-7(15)16-10-6-8-4-2-3-5-9(8)11(13)12(10)14/h2-5,10-12H,6H2,1H3/t10-,11-,12-/m1/s1. The summed E-state index contributed by atoms with van der Waals surface area (Å²) in [4.78, 5) is 11.0. The average molecular weight is 259 g/mol. The molecule has 16 heavy (non-hydrogen) atoms. The van der Waals surface area contributed by atoms with Crippen LogP contribution in [0.15, 0.2) is 24.3 Å². The first kappa shape index (κ1) is 11.7. The molecule has 0 N–H and O–H groups in total. The number of hydrogen-bond acceptors (Lipinski definition) is 2. The van der Waals surface area contributed by atoms with Crippen LogP contribution in [0, 0.1) is 0 Å². The highest BCUT2D eigenvalue weighted by Crippen LogP contribution is 2.39. The molecule has 0 unspecified atom stereocenters. The Labute approximate surface area is 104 Å². The van der Waals surface area contributed by atoms with Gasteiger partial charge < -0.3 is 4.74 Å². The molecule has 1 aliphatic carbocycles. The summed E-state index contributed by atoms with van der Waals surface area (Å²) < 4.78 is 5.18. The Bertz CT molecular complexity index is 406. The predicted octanol–water partition coefficient (Wildman–Crippen LogP) is 3.06. The maximum absolute atomic E-state index is 11.0. The van der Waals surface area contributed by atoms with E-state index in [1.807, 2.05) is 24.3 Å². The van der Waals surface area contributed by atoms with Crippen molar-refractivity contribution in [1.29, 1.82) is 0 Å². The van der Waals surface area contributed by atoms with E-state index >= 15 is 0 Å². The molecule has 0 amide bonds. The Morgan fingerprint density at radius 2 is 2.06 bits per heavy atom. The van der Waals surface area contributed by atoms with E-state index < -0.39 is 0 Å². The highest BCUT2D eigenvalue weighted by atomic mass is 35.5. The molecular weight excluding hydrogens is 247 g/mol. The van der Waals surface area contributed by atoms with Crippen LogP contribution in [0.3, 0.4) is 0 Å². The minimum atomic E-state index is -0.375. The highest BCUT2D eigenvalue weighted by molar-refractivity contribution is 6.30. The highest BCUT2D eigenvalue weighted by Gasteiger charge is 2.36. The summed E-state index contributed by atoms with van der Waals surface area (Å²) in [7, 11) is 0. The van der Waals surface area contributed by atoms with E-state index in [9.17, 15) is 4.79 Å². The Hall–Kier alpha value is -0.730. The van der Waals surface area contributed by atoms with Gasteiger partial charge in [-0.1, -0.05) is 24.3 Å². The van der Waals surface area contributed by atoms with E-state index in [2.05, 4.69) is 0 Å². The first-order valence-electron chi connectivity index (χ1n) is 5.12.